The maximum Gasteiger partial charge on any atom is 0.310 e. The van der Waals surface area contributed by atoms with Crippen molar-refractivity contribution in [3.05, 3.63) is 59.7 Å². The Balaban J connectivity index is 1.58. The minimum Gasteiger partial charge on any atom is -0.508 e. The van der Waals surface area contributed by atoms with Gasteiger partial charge in [-0.05, 0) is 36.6 Å². The summed E-state index contributed by atoms with van der Waals surface area (Å²) in [5.41, 5.74) is 2.40. The van der Waals surface area contributed by atoms with E-state index in [-0.39, 0.29) is 18.2 Å². The molecule has 7 heteroatoms. The third-order valence-corrected chi connectivity index (χ3v) is 4.62. The van der Waals surface area contributed by atoms with Crippen molar-refractivity contribution in [2.24, 2.45) is 0 Å². The van der Waals surface area contributed by atoms with E-state index in [1.54, 1.807) is 41.3 Å². The zero-order valence-electron chi connectivity index (χ0n) is 15.6. The molecule has 28 heavy (non-hydrogen) atoms. The number of carbonyl (C=O) groups is 3. The Kier molecular flexibility index (Phi) is 5.93. The molecule has 7 nitrogen and oxygen atoms in total. The summed E-state index contributed by atoms with van der Waals surface area (Å²) in [5.74, 6) is -1.67. The second-order valence-electron chi connectivity index (χ2n) is 6.63. The molecule has 2 aromatic carbocycles. The topological polar surface area (TPSA) is 98.7 Å². The van der Waals surface area contributed by atoms with Crippen molar-refractivity contribution in [2.45, 2.75) is 25.8 Å². The second kappa shape index (κ2) is 8.56. The number of hydrogen-bond acceptors (Lipinski definition) is 4. The zero-order chi connectivity index (χ0) is 20.1. The van der Waals surface area contributed by atoms with Gasteiger partial charge in [-0.1, -0.05) is 37.3 Å². The van der Waals surface area contributed by atoms with Gasteiger partial charge in [0.1, 0.15) is 11.8 Å². The number of fused-ring (bicyclic) bond motifs is 1. The van der Waals surface area contributed by atoms with E-state index in [0.717, 1.165) is 17.7 Å². The van der Waals surface area contributed by atoms with Crippen molar-refractivity contribution in [1.29, 1.82) is 0 Å². The van der Waals surface area contributed by atoms with Crippen LogP contribution in [0.15, 0.2) is 48.5 Å². The third-order valence-electron chi connectivity index (χ3n) is 4.62. The molecule has 2 aromatic rings. The van der Waals surface area contributed by atoms with Crippen LogP contribution in [0, 0.1) is 0 Å². The van der Waals surface area contributed by atoms with E-state index >= 15 is 0 Å². The number of phenols is 1. The number of aromatic hydroxyl groups is 1. The van der Waals surface area contributed by atoms with E-state index < -0.39 is 17.9 Å². The Morgan fingerprint density at radius 3 is 2.50 bits per heavy atom. The van der Waals surface area contributed by atoms with Crippen molar-refractivity contribution in [3.63, 3.8) is 0 Å². The highest BCUT2D eigenvalue weighted by Gasteiger charge is 2.38. The SMILES string of the molecule is CCCN1C(=O)[C@H](NC(=O)C(=O)NCCc2ccc(O)cc2)c2ccccc21. The Bertz CT molecular complexity index is 879. The molecular formula is C21H23N3O4. The number of hydrogen-bond donors (Lipinski definition) is 3. The summed E-state index contributed by atoms with van der Waals surface area (Å²) in [7, 11) is 0. The highest BCUT2D eigenvalue weighted by molar-refractivity contribution is 6.35. The lowest BCUT2D eigenvalue weighted by molar-refractivity contribution is -0.140. The predicted molar refractivity (Wildman–Crippen MR) is 105 cm³/mol. The number of rotatable bonds is 6. The lowest BCUT2D eigenvalue weighted by Crippen LogP contribution is -2.45. The smallest absolute Gasteiger partial charge is 0.310 e. The molecule has 0 fully saturated rings. The van der Waals surface area contributed by atoms with Crippen LogP contribution >= 0.6 is 0 Å². The molecule has 146 valence electrons. The molecule has 0 saturated heterocycles. The van der Waals surface area contributed by atoms with Gasteiger partial charge >= 0.3 is 11.8 Å². The Morgan fingerprint density at radius 2 is 1.79 bits per heavy atom. The van der Waals surface area contributed by atoms with Crippen LogP contribution in [0.3, 0.4) is 0 Å². The maximum atomic E-state index is 12.7. The van der Waals surface area contributed by atoms with Gasteiger partial charge in [0.25, 0.3) is 5.91 Å². The molecule has 0 bridgehead atoms. The van der Waals surface area contributed by atoms with Crippen LogP contribution in [-0.2, 0) is 20.8 Å². The van der Waals surface area contributed by atoms with Crippen LogP contribution in [0.4, 0.5) is 5.69 Å². The molecule has 1 aliphatic rings. The highest BCUT2D eigenvalue weighted by atomic mass is 16.3. The number of nitrogens with one attached hydrogen (secondary N) is 2. The van der Waals surface area contributed by atoms with Crippen LogP contribution in [0.5, 0.6) is 5.75 Å². The number of para-hydroxylation sites is 1. The van der Waals surface area contributed by atoms with Crippen LogP contribution < -0.4 is 15.5 Å². The molecule has 0 spiro atoms. The van der Waals surface area contributed by atoms with Gasteiger partial charge in [0, 0.05) is 24.3 Å². The lowest BCUT2D eigenvalue weighted by Gasteiger charge is -2.17. The Labute approximate surface area is 163 Å². The molecule has 3 rings (SSSR count). The molecule has 0 unspecified atom stereocenters. The van der Waals surface area contributed by atoms with Gasteiger partial charge in [-0.3, -0.25) is 14.4 Å². The molecule has 1 heterocycles. The van der Waals surface area contributed by atoms with Gasteiger partial charge in [-0.15, -0.1) is 0 Å². The van der Waals surface area contributed by atoms with E-state index in [1.165, 1.54) is 0 Å². The molecule has 0 aromatic heterocycles. The van der Waals surface area contributed by atoms with Crippen molar-refractivity contribution >= 4 is 23.4 Å². The van der Waals surface area contributed by atoms with Crippen molar-refractivity contribution < 1.29 is 19.5 Å². The van der Waals surface area contributed by atoms with Crippen LogP contribution in [0.25, 0.3) is 0 Å². The largest absolute Gasteiger partial charge is 0.508 e. The van der Waals surface area contributed by atoms with Crippen LogP contribution in [0.1, 0.15) is 30.5 Å². The summed E-state index contributed by atoms with van der Waals surface area (Å²) in [5, 5.41) is 14.4. The predicted octanol–water partition coefficient (Wildman–Crippen LogP) is 1.67. The third kappa shape index (κ3) is 4.14. The molecule has 3 amide bonds. The highest BCUT2D eigenvalue weighted by Crippen LogP contribution is 2.35. The van der Waals surface area contributed by atoms with Gasteiger partial charge in [0.15, 0.2) is 0 Å². The molecule has 3 N–H and O–H groups in total. The monoisotopic (exact) mass is 381 g/mol. The average molecular weight is 381 g/mol. The lowest BCUT2D eigenvalue weighted by atomic mass is 10.1. The standard InChI is InChI=1S/C21H23N3O4/c1-2-13-24-17-6-4-3-5-16(17)18(21(24)28)23-20(27)19(26)22-12-11-14-7-9-15(25)10-8-14/h3-10,18,25H,2,11-13H2,1H3,(H,22,26)(H,23,27)/t18-/m1/s1. The van der Waals surface area contributed by atoms with E-state index in [2.05, 4.69) is 10.6 Å². The first-order chi connectivity index (χ1) is 13.5. The van der Waals surface area contributed by atoms with Gasteiger partial charge in [0.2, 0.25) is 0 Å². The van der Waals surface area contributed by atoms with Crippen molar-refractivity contribution in [3.8, 4) is 5.75 Å². The first-order valence-corrected chi connectivity index (χ1v) is 9.28. The average Bonchev–Trinajstić information content (AvgIpc) is 2.95. The molecule has 0 saturated carbocycles. The van der Waals surface area contributed by atoms with E-state index in [0.29, 0.717) is 18.5 Å². The van der Waals surface area contributed by atoms with Crippen molar-refractivity contribution in [2.75, 3.05) is 18.0 Å². The van der Waals surface area contributed by atoms with Gasteiger partial charge in [-0.25, -0.2) is 0 Å². The number of amides is 3. The van der Waals surface area contributed by atoms with Gasteiger partial charge < -0.3 is 20.6 Å². The van der Waals surface area contributed by atoms with Gasteiger partial charge in [0.05, 0.1) is 0 Å². The second-order valence-corrected chi connectivity index (χ2v) is 6.63. The number of phenolic OH excluding ortho intramolecular Hbond substituents is 1. The fourth-order valence-electron chi connectivity index (χ4n) is 3.24. The Hall–Kier alpha value is -3.35. The fourth-order valence-corrected chi connectivity index (χ4v) is 3.24. The van der Waals surface area contributed by atoms with Crippen LogP contribution in [-0.4, -0.2) is 35.9 Å². The summed E-state index contributed by atoms with van der Waals surface area (Å²) < 4.78 is 0. The first kappa shape index (κ1) is 19.4. The molecular weight excluding hydrogens is 358 g/mol. The zero-order valence-corrected chi connectivity index (χ0v) is 15.6. The number of carbonyl (C=O) groups excluding carboxylic acids is 3. The summed E-state index contributed by atoms with van der Waals surface area (Å²) in [6.45, 7) is 2.80. The fraction of sp³-hybridized carbons (Fsp3) is 0.286. The van der Waals surface area contributed by atoms with E-state index in [4.69, 9.17) is 0 Å². The molecule has 0 aliphatic carbocycles. The summed E-state index contributed by atoms with van der Waals surface area (Å²) in [6, 6.07) is 13.1. The van der Waals surface area contributed by atoms with E-state index in [9.17, 15) is 19.5 Å². The molecule has 0 radical (unpaired) electrons. The summed E-state index contributed by atoms with van der Waals surface area (Å²) >= 11 is 0. The van der Waals surface area contributed by atoms with Crippen LogP contribution in [0.2, 0.25) is 0 Å². The molecule has 1 aliphatic heterocycles. The number of benzene rings is 2. The minimum atomic E-state index is -0.849. The number of anilines is 1. The first-order valence-electron chi connectivity index (χ1n) is 9.28. The minimum absolute atomic E-state index is 0.172. The van der Waals surface area contributed by atoms with Crippen molar-refractivity contribution in [1.82, 2.24) is 10.6 Å². The normalized spacial score (nSPS) is 15.2. The quantitative estimate of drug-likeness (QED) is 0.663. The summed E-state index contributed by atoms with van der Waals surface area (Å²) in [6.07, 6.45) is 1.31. The molecule has 1 atom stereocenters. The number of nitrogens with zero attached hydrogens (tertiary/aromatic N) is 1. The summed E-state index contributed by atoms with van der Waals surface area (Å²) in [4.78, 5) is 38.7. The Morgan fingerprint density at radius 1 is 1.07 bits per heavy atom. The van der Waals surface area contributed by atoms with E-state index in [1.807, 2.05) is 19.1 Å². The van der Waals surface area contributed by atoms with Gasteiger partial charge in [-0.2, -0.15) is 0 Å². The maximum absolute atomic E-state index is 12.7.